The molecule has 4 heteroatoms. The number of aliphatic hydroxyl groups is 1. The van der Waals surface area contributed by atoms with Crippen molar-refractivity contribution in [3.63, 3.8) is 0 Å². The van der Waals surface area contributed by atoms with Gasteiger partial charge in [-0.1, -0.05) is 0 Å². The lowest BCUT2D eigenvalue weighted by atomic mass is 10.1. The van der Waals surface area contributed by atoms with Crippen molar-refractivity contribution in [2.45, 2.75) is 26.4 Å². The number of hydrogen-bond acceptors (Lipinski definition) is 4. The maximum atomic E-state index is 11.2. The number of esters is 1. The molecule has 0 saturated carbocycles. The van der Waals surface area contributed by atoms with Gasteiger partial charge in [-0.3, -0.25) is 4.79 Å². The summed E-state index contributed by atoms with van der Waals surface area (Å²) in [7, 11) is 0. The van der Waals surface area contributed by atoms with E-state index in [0.29, 0.717) is 0 Å². The van der Waals surface area contributed by atoms with Crippen molar-refractivity contribution in [3.8, 4) is 0 Å². The maximum Gasteiger partial charge on any atom is 0.313 e. The number of hydrogen-bond donors (Lipinski definition) is 2. The molecular weight excluding hydrogens is 158 g/mol. The Labute approximate surface area is 72.7 Å². The zero-order chi connectivity index (χ0) is 9.78. The fourth-order valence-corrected chi connectivity index (χ4v) is 0.630. The largest absolute Gasteiger partial charge is 0.460 e. The van der Waals surface area contributed by atoms with Gasteiger partial charge >= 0.3 is 5.97 Å². The molecule has 0 aliphatic heterocycles. The fraction of sp³-hybridized carbons (Fsp3) is 0.875. The monoisotopic (exact) mass is 175 g/mol. The summed E-state index contributed by atoms with van der Waals surface area (Å²) in [6, 6.07) is 0. The summed E-state index contributed by atoms with van der Waals surface area (Å²) in [5.74, 6) is -1.03. The summed E-state index contributed by atoms with van der Waals surface area (Å²) in [6.45, 7) is 5.18. The van der Waals surface area contributed by atoms with E-state index >= 15 is 0 Å². The van der Waals surface area contributed by atoms with E-state index in [1.54, 1.807) is 20.8 Å². The molecule has 0 aliphatic rings. The summed E-state index contributed by atoms with van der Waals surface area (Å²) in [4.78, 5) is 11.2. The number of rotatable bonds is 3. The summed E-state index contributed by atoms with van der Waals surface area (Å²) < 4.78 is 5.00. The van der Waals surface area contributed by atoms with Gasteiger partial charge < -0.3 is 15.6 Å². The molecule has 0 spiro atoms. The molecule has 0 aliphatic carbocycles. The van der Waals surface area contributed by atoms with Crippen molar-refractivity contribution < 1.29 is 14.6 Å². The zero-order valence-electron chi connectivity index (χ0n) is 7.83. The summed E-state index contributed by atoms with van der Waals surface area (Å²) in [5, 5.41) is 8.71. The lowest BCUT2D eigenvalue weighted by molar-refractivity contribution is -0.160. The molecule has 0 amide bonds. The van der Waals surface area contributed by atoms with Crippen molar-refractivity contribution in [2.75, 3.05) is 13.2 Å². The van der Waals surface area contributed by atoms with Crippen LogP contribution < -0.4 is 5.73 Å². The van der Waals surface area contributed by atoms with Gasteiger partial charge in [-0.2, -0.15) is 0 Å². The molecule has 0 aromatic heterocycles. The van der Waals surface area contributed by atoms with Crippen molar-refractivity contribution >= 4 is 5.97 Å². The van der Waals surface area contributed by atoms with Gasteiger partial charge in [-0.05, 0) is 20.8 Å². The summed E-state index contributed by atoms with van der Waals surface area (Å²) in [6.07, 6.45) is 0. The first-order valence-corrected chi connectivity index (χ1v) is 3.94. The van der Waals surface area contributed by atoms with Crippen LogP contribution in [0.15, 0.2) is 0 Å². The predicted octanol–water partition coefficient (Wildman–Crippen LogP) is -0.105. The van der Waals surface area contributed by atoms with Crippen LogP contribution in [0.25, 0.3) is 0 Å². The minimum atomic E-state index is -0.593. The van der Waals surface area contributed by atoms with E-state index in [-0.39, 0.29) is 13.2 Å². The lowest BCUT2D eigenvalue weighted by Gasteiger charge is -2.22. The van der Waals surface area contributed by atoms with Gasteiger partial charge in [0.1, 0.15) is 5.60 Å². The van der Waals surface area contributed by atoms with Gasteiger partial charge in [0.25, 0.3) is 0 Å². The highest BCUT2D eigenvalue weighted by molar-refractivity contribution is 5.73. The van der Waals surface area contributed by atoms with Crippen molar-refractivity contribution in [2.24, 2.45) is 11.7 Å². The molecule has 0 bridgehead atoms. The van der Waals surface area contributed by atoms with E-state index in [1.807, 2.05) is 0 Å². The Morgan fingerprint density at radius 2 is 2.08 bits per heavy atom. The van der Waals surface area contributed by atoms with Crippen LogP contribution in [-0.4, -0.2) is 29.8 Å². The standard InChI is InChI=1S/C8H17NO3/c1-8(2,3)12-7(11)6(4-9)5-10/h6,10H,4-5,9H2,1-3H3. The van der Waals surface area contributed by atoms with Crippen molar-refractivity contribution in [1.82, 2.24) is 0 Å². The minimum absolute atomic E-state index is 0.116. The SMILES string of the molecule is CC(C)(C)OC(=O)C(CN)CO. The first-order chi connectivity index (χ1) is 5.40. The van der Waals surface area contributed by atoms with E-state index in [9.17, 15) is 4.79 Å². The molecule has 0 saturated heterocycles. The third-order valence-electron chi connectivity index (χ3n) is 1.25. The molecule has 0 heterocycles. The van der Waals surface area contributed by atoms with E-state index in [4.69, 9.17) is 15.6 Å². The lowest BCUT2D eigenvalue weighted by Crippen LogP contribution is -2.34. The molecule has 1 unspecified atom stereocenters. The molecular formula is C8H17NO3. The second kappa shape index (κ2) is 4.42. The number of nitrogens with two attached hydrogens (primary N) is 1. The molecule has 0 aromatic carbocycles. The van der Waals surface area contributed by atoms with Crippen LogP contribution in [0.3, 0.4) is 0 Å². The summed E-state index contributed by atoms with van der Waals surface area (Å²) in [5.41, 5.74) is 4.73. The molecule has 0 aromatic rings. The predicted molar refractivity (Wildman–Crippen MR) is 45.5 cm³/mol. The number of carbonyl (C=O) groups is 1. The third-order valence-corrected chi connectivity index (χ3v) is 1.25. The first kappa shape index (κ1) is 11.4. The Bertz CT molecular complexity index is 147. The van der Waals surface area contributed by atoms with Gasteiger partial charge in [0.05, 0.1) is 12.5 Å². The number of carbonyl (C=O) groups excluding carboxylic acids is 1. The average molecular weight is 175 g/mol. The molecule has 0 fully saturated rings. The van der Waals surface area contributed by atoms with Crippen LogP contribution in [0.5, 0.6) is 0 Å². The molecule has 72 valence electrons. The van der Waals surface area contributed by atoms with Crippen LogP contribution in [-0.2, 0) is 9.53 Å². The molecule has 3 N–H and O–H groups in total. The normalized spacial score (nSPS) is 14.1. The third kappa shape index (κ3) is 4.31. The molecule has 1 atom stereocenters. The summed E-state index contributed by atoms with van der Waals surface area (Å²) >= 11 is 0. The second-order valence-corrected chi connectivity index (χ2v) is 3.65. The molecule has 12 heavy (non-hydrogen) atoms. The van der Waals surface area contributed by atoms with Crippen LogP contribution in [0.1, 0.15) is 20.8 Å². The minimum Gasteiger partial charge on any atom is -0.460 e. The highest BCUT2D eigenvalue weighted by Gasteiger charge is 2.23. The van der Waals surface area contributed by atoms with E-state index in [2.05, 4.69) is 0 Å². The van der Waals surface area contributed by atoms with Crippen LogP contribution in [0.2, 0.25) is 0 Å². The highest BCUT2D eigenvalue weighted by atomic mass is 16.6. The Balaban J connectivity index is 4.02. The van der Waals surface area contributed by atoms with Gasteiger partial charge in [0, 0.05) is 6.54 Å². The van der Waals surface area contributed by atoms with E-state index in [1.165, 1.54) is 0 Å². The second-order valence-electron chi connectivity index (χ2n) is 3.65. The Morgan fingerprint density at radius 1 is 1.58 bits per heavy atom. The first-order valence-electron chi connectivity index (χ1n) is 3.94. The maximum absolute atomic E-state index is 11.2. The Morgan fingerprint density at radius 3 is 2.33 bits per heavy atom. The van der Waals surface area contributed by atoms with Gasteiger partial charge in [0.15, 0.2) is 0 Å². The Kier molecular flexibility index (Phi) is 4.20. The number of ether oxygens (including phenoxy) is 1. The van der Waals surface area contributed by atoms with Crippen LogP contribution >= 0.6 is 0 Å². The van der Waals surface area contributed by atoms with Gasteiger partial charge in [0.2, 0.25) is 0 Å². The highest BCUT2D eigenvalue weighted by Crippen LogP contribution is 2.10. The Hall–Kier alpha value is -0.610. The molecule has 0 radical (unpaired) electrons. The van der Waals surface area contributed by atoms with E-state index in [0.717, 1.165) is 0 Å². The average Bonchev–Trinajstić information content (AvgIpc) is 1.85. The number of aliphatic hydroxyl groups excluding tert-OH is 1. The topological polar surface area (TPSA) is 72.5 Å². The smallest absolute Gasteiger partial charge is 0.313 e. The van der Waals surface area contributed by atoms with Crippen molar-refractivity contribution in [3.05, 3.63) is 0 Å². The quantitative estimate of drug-likeness (QED) is 0.587. The fourth-order valence-electron chi connectivity index (χ4n) is 0.630. The van der Waals surface area contributed by atoms with E-state index < -0.39 is 17.5 Å². The molecule has 0 rings (SSSR count). The van der Waals surface area contributed by atoms with Crippen LogP contribution in [0.4, 0.5) is 0 Å². The zero-order valence-corrected chi connectivity index (χ0v) is 7.83. The van der Waals surface area contributed by atoms with Crippen LogP contribution in [0, 0.1) is 5.92 Å². The van der Waals surface area contributed by atoms with Gasteiger partial charge in [-0.15, -0.1) is 0 Å². The van der Waals surface area contributed by atoms with Gasteiger partial charge in [-0.25, -0.2) is 0 Å². The molecule has 4 nitrogen and oxygen atoms in total. The van der Waals surface area contributed by atoms with Crippen molar-refractivity contribution in [1.29, 1.82) is 0 Å².